The van der Waals surface area contributed by atoms with Gasteiger partial charge in [0.2, 0.25) is 11.8 Å². The molecule has 0 unspecified atom stereocenters. The number of anilines is 2. The molecule has 0 spiro atoms. The molecule has 2 N–H and O–H groups in total. The van der Waals surface area contributed by atoms with Gasteiger partial charge in [-0.25, -0.2) is 4.79 Å². The summed E-state index contributed by atoms with van der Waals surface area (Å²) >= 11 is 0. The van der Waals surface area contributed by atoms with E-state index in [1.54, 1.807) is 42.5 Å². The Kier molecular flexibility index (Phi) is 7.01. The number of fused-ring (bicyclic) bond motifs is 1. The Hall–Kier alpha value is -4.41. The van der Waals surface area contributed by atoms with Crippen molar-refractivity contribution in [2.75, 3.05) is 24.4 Å². The molecule has 1 aliphatic rings. The lowest BCUT2D eigenvalue weighted by Crippen LogP contribution is -2.19. The molecular weight excluding hydrogens is 444 g/mol. The van der Waals surface area contributed by atoms with E-state index in [1.807, 2.05) is 0 Å². The van der Waals surface area contributed by atoms with Crippen molar-refractivity contribution < 1.29 is 33.1 Å². The van der Waals surface area contributed by atoms with Crippen LogP contribution in [0, 0.1) is 0 Å². The maximum atomic E-state index is 12.2. The van der Waals surface area contributed by atoms with Crippen LogP contribution in [0.4, 0.5) is 11.4 Å². The second kappa shape index (κ2) is 10.5. The Morgan fingerprint density at radius 3 is 2.88 bits per heavy atom. The van der Waals surface area contributed by atoms with Crippen LogP contribution < -0.4 is 20.1 Å². The Balaban J connectivity index is 1.22. The lowest BCUT2D eigenvalue weighted by molar-refractivity contribution is -0.148. The van der Waals surface area contributed by atoms with Crippen molar-refractivity contribution >= 4 is 29.2 Å². The molecule has 0 bridgehead atoms. The van der Waals surface area contributed by atoms with Gasteiger partial charge in [0, 0.05) is 12.1 Å². The molecule has 176 valence electrons. The molecule has 0 aliphatic carbocycles. The first kappa shape index (κ1) is 22.8. The third-order valence-corrected chi connectivity index (χ3v) is 4.90. The van der Waals surface area contributed by atoms with Gasteiger partial charge >= 0.3 is 5.97 Å². The monoisotopic (exact) mass is 466 g/mol. The van der Waals surface area contributed by atoms with Gasteiger partial charge in [-0.1, -0.05) is 17.3 Å². The number of methoxy groups -OCH3 is 1. The molecule has 11 nitrogen and oxygen atoms in total. The van der Waals surface area contributed by atoms with Gasteiger partial charge in [0.05, 0.1) is 19.2 Å². The number of rotatable bonds is 9. The van der Waals surface area contributed by atoms with E-state index in [1.165, 1.54) is 7.11 Å². The Bertz CT molecular complexity index is 1210. The SMILES string of the molecule is COc1ccccc1NC(=O)Cc1noc(COC(=O)COc2ccc3c(c2)CCC(=O)N3)n1. The van der Waals surface area contributed by atoms with E-state index in [0.717, 1.165) is 11.3 Å². The summed E-state index contributed by atoms with van der Waals surface area (Å²) in [6.07, 6.45) is 0.892. The van der Waals surface area contributed by atoms with Crippen LogP contribution in [0.3, 0.4) is 0 Å². The van der Waals surface area contributed by atoms with E-state index in [-0.39, 0.29) is 43.2 Å². The van der Waals surface area contributed by atoms with Gasteiger partial charge in [0.15, 0.2) is 19.0 Å². The summed E-state index contributed by atoms with van der Waals surface area (Å²) in [4.78, 5) is 39.7. The van der Waals surface area contributed by atoms with Gasteiger partial charge in [-0.2, -0.15) is 4.98 Å². The molecule has 0 atom stereocenters. The predicted molar refractivity (Wildman–Crippen MR) is 118 cm³/mol. The predicted octanol–water partition coefficient (Wildman–Crippen LogP) is 2.27. The molecule has 0 radical (unpaired) electrons. The van der Waals surface area contributed by atoms with Gasteiger partial charge < -0.3 is 29.4 Å². The minimum atomic E-state index is -0.625. The average molecular weight is 466 g/mol. The zero-order valence-corrected chi connectivity index (χ0v) is 18.3. The van der Waals surface area contributed by atoms with Crippen molar-refractivity contribution in [3.8, 4) is 11.5 Å². The van der Waals surface area contributed by atoms with Gasteiger partial charge in [-0.05, 0) is 42.3 Å². The van der Waals surface area contributed by atoms with Gasteiger partial charge in [-0.3, -0.25) is 9.59 Å². The van der Waals surface area contributed by atoms with E-state index < -0.39 is 5.97 Å². The quantitative estimate of drug-likeness (QED) is 0.454. The fourth-order valence-corrected chi connectivity index (χ4v) is 3.28. The van der Waals surface area contributed by atoms with Crippen molar-refractivity contribution in [1.82, 2.24) is 10.1 Å². The number of aromatic nitrogens is 2. The molecular formula is C23H22N4O7. The van der Waals surface area contributed by atoms with Crippen LogP contribution in [0.25, 0.3) is 0 Å². The van der Waals surface area contributed by atoms with Crippen LogP contribution in [-0.2, 0) is 38.6 Å². The van der Waals surface area contributed by atoms with Crippen LogP contribution in [0.5, 0.6) is 11.5 Å². The number of carbonyl (C=O) groups is 3. The lowest BCUT2D eigenvalue weighted by atomic mass is 10.0. The minimum Gasteiger partial charge on any atom is -0.495 e. The van der Waals surface area contributed by atoms with Crippen molar-refractivity contribution in [2.45, 2.75) is 25.9 Å². The van der Waals surface area contributed by atoms with Crippen molar-refractivity contribution in [1.29, 1.82) is 0 Å². The van der Waals surface area contributed by atoms with Gasteiger partial charge in [0.25, 0.3) is 5.89 Å². The number of hydrogen-bond donors (Lipinski definition) is 2. The summed E-state index contributed by atoms with van der Waals surface area (Å²) in [6, 6.07) is 12.2. The van der Waals surface area contributed by atoms with Crippen LogP contribution in [0.1, 0.15) is 23.7 Å². The van der Waals surface area contributed by atoms with Gasteiger partial charge in [-0.15, -0.1) is 0 Å². The second-order valence-electron chi connectivity index (χ2n) is 7.35. The zero-order valence-electron chi connectivity index (χ0n) is 18.3. The Labute approximate surface area is 194 Å². The maximum Gasteiger partial charge on any atom is 0.344 e. The van der Waals surface area contributed by atoms with E-state index >= 15 is 0 Å². The summed E-state index contributed by atoms with van der Waals surface area (Å²) in [5, 5.41) is 9.22. The number of nitrogens with one attached hydrogen (secondary N) is 2. The average Bonchev–Trinajstić information content (AvgIpc) is 3.28. The highest BCUT2D eigenvalue weighted by molar-refractivity contribution is 5.94. The highest BCUT2D eigenvalue weighted by Gasteiger charge is 2.17. The molecule has 1 aliphatic heterocycles. The molecule has 2 aromatic carbocycles. The van der Waals surface area contributed by atoms with Crippen LogP contribution in [-0.4, -0.2) is 41.6 Å². The van der Waals surface area contributed by atoms with E-state index in [9.17, 15) is 14.4 Å². The molecule has 0 saturated carbocycles. The largest absolute Gasteiger partial charge is 0.495 e. The van der Waals surface area contributed by atoms with E-state index in [0.29, 0.717) is 30.0 Å². The van der Waals surface area contributed by atoms with E-state index in [2.05, 4.69) is 20.8 Å². The highest BCUT2D eigenvalue weighted by atomic mass is 16.6. The zero-order chi connectivity index (χ0) is 23.9. The fraction of sp³-hybridized carbons (Fsp3) is 0.261. The molecule has 11 heteroatoms. The molecule has 2 heterocycles. The summed E-state index contributed by atoms with van der Waals surface area (Å²) < 4.78 is 20.8. The number of ether oxygens (including phenoxy) is 3. The maximum absolute atomic E-state index is 12.2. The molecule has 34 heavy (non-hydrogen) atoms. The standard InChI is InChI=1S/C23H22N4O7/c1-31-18-5-3-2-4-17(18)25-21(29)11-19-26-22(34-27-19)12-33-23(30)13-32-15-7-8-16-14(10-15)6-9-20(28)24-16/h2-5,7-8,10H,6,9,11-13H2,1H3,(H,24,28)(H,25,29). The first-order valence-corrected chi connectivity index (χ1v) is 10.5. The topological polar surface area (TPSA) is 142 Å². The molecule has 4 rings (SSSR count). The number of amides is 2. The number of benzene rings is 2. The van der Waals surface area contributed by atoms with Gasteiger partial charge in [0.1, 0.15) is 11.5 Å². The van der Waals surface area contributed by atoms with Crippen molar-refractivity contribution in [2.24, 2.45) is 0 Å². The van der Waals surface area contributed by atoms with E-state index in [4.69, 9.17) is 18.7 Å². The number of aryl methyl sites for hydroxylation is 1. The normalized spacial score (nSPS) is 12.3. The minimum absolute atomic E-state index is 0.0222. The molecule has 3 aromatic rings. The van der Waals surface area contributed by atoms with Crippen LogP contribution in [0.15, 0.2) is 47.0 Å². The summed E-state index contributed by atoms with van der Waals surface area (Å²) in [5.74, 6) is 0.222. The third-order valence-electron chi connectivity index (χ3n) is 4.90. The smallest absolute Gasteiger partial charge is 0.344 e. The Morgan fingerprint density at radius 2 is 2.03 bits per heavy atom. The molecule has 1 aromatic heterocycles. The Morgan fingerprint density at radius 1 is 1.18 bits per heavy atom. The molecule has 0 saturated heterocycles. The van der Waals surface area contributed by atoms with Crippen molar-refractivity contribution in [3.63, 3.8) is 0 Å². The summed E-state index contributed by atoms with van der Waals surface area (Å²) in [5.41, 5.74) is 2.21. The summed E-state index contributed by atoms with van der Waals surface area (Å²) in [7, 11) is 1.51. The lowest BCUT2D eigenvalue weighted by Gasteiger charge is -2.17. The van der Waals surface area contributed by atoms with Crippen LogP contribution >= 0.6 is 0 Å². The number of carbonyl (C=O) groups excluding carboxylic acids is 3. The third kappa shape index (κ3) is 5.88. The van der Waals surface area contributed by atoms with Crippen LogP contribution in [0.2, 0.25) is 0 Å². The van der Waals surface area contributed by atoms with Crippen molar-refractivity contribution in [3.05, 3.63) is 59.7 Å². The molecule has 0 fully saturated rings. The first-order chi connectivity index (χ1) is 16.5. The number of nitrogens with zero attached hydrogens (tertiary/aromatic N) is 2. The molecule has 2 amide bonds. The summed E-state index contributed by atoms with van der Waals surface area (Å²) in [6.45, 7) is -0.563. The first-order valence-electron chi connectivity index (χ1n) is 10.5. The fourth-order valence-electron chi connectivity index (χ4n) is 3.28. The number of hydrogen-bond acceptors (Lipinski definition) is 9. The number of para-hydroxylation sites is 2. The number of esters is 1. The highest BCUT2D eigenvalue weighted by Crippen LogP contribution is 2.27. The second-order valence-corrected chi connectivity index (χ2v) is 7.35.